The predicted molar refractivity (Wildman–Crippen MR) is 38.2 cm³/mol. The lowest BCUT2D eigenvalue weighted by atomic mass is 10.3. The number of rotatable bonds is 2. The minimum Gasteiger partial charge on any atom is -0.619 e. The van der Waals surface area contributed by atoms with Crippen molar-refractivity contribution in [1.29, 1.82) is 0 Å². The van der Waals surface area contributed by atoms with Crippen molar-refractivity contribution >= 4 is 0 Å². The summed E-state index contributed by atoms with van der Waals surface area (Å²) in [6.07, 6.45) is 3.02. The molecule has 0 atom stereocenters. The summed E-state index contributed by atoms with van der Waals surface area (Å²) >= 11 is 0. The van der Waals surface area contributed by atoms with Crippen molar-refractivity contribution in [2.24, 2.45) is 0 Å². The molecule has 0 aliphatic carbocycles. The molecule has 0 radical (unpaired) electrons. The van der Waals surface area contributed by atoms with Crippen LogP contribution in [0.2, 0.25) is 0 Å². The summed E-state index contributed by atoms with van der Waals surface area (Å²) in [5, 5.41) is 13.6. The molecule has 0 saturated heterocycles. The van der Waals surface area contributed by atoms with Crippen LogP contribution >= 0.6 is 0 Å². The number of pyridine rings is 1. The van der Waals surface area contributed by atoms with Gasteiger partial charge in [-0.05, 0) is 13.1 Å². The Balaban J connectivity index is 2.75. The minimum absolute atomic E-state index is 0.739. The van der Waals surface area contributed by atoms with Crippen LogP contribution in [0.15, 0.2) is 24.5 Å². The second-order valence-corrected chi connectivity index (χ2v) is 2.10. The molecule has 0 amide bonds. The molecule has 0 aromatic carbocycles. The maximum absolute atomic E-state index is 10.7. The molecule has 1 N–H and O–H groups in total. The fraction of sp³-hybridized carbons (Fsp3) is 0.286. The van der Waals surface area contributed by atoms with Crippen LogP contribution in [-0.2, 0) is 6.54 Å². The first-order chi connectivity index (χ1) is 4.83. The lowest BCUT2D eigenvalue weighted by Gasteiger charge is -1.98. The molecule has 0 unspecified atom stereocenters. The Labute approximate surface area is 59.9 Å². The van der Waals surface area contributed by atoms with Crippen LogP contribution in [0.3, 0.4) is 0 Å². The van der Waals surface area contributed by atoms with Gasteiger partial charge < -0.3 is 10.5 Å². The fourth-order valence-electron chi connectivity index (χ4n) is 0.810. The summed E-state index contributed by atoms with van der Waals surface area (Å²) < 4.78 is 0.798. The second-order valence-electron chi connectivity index (χ2n) is 2.10. The van der Waals surface area contributed by atoms with Crippen molar-refractivity contribution in [3.63, 3.8) is 0 Å². The Morgan fingerprint density at radius 1 is 1.70 bits per heavy atom. The van der Waals surface area contributed by atoms with E-state index in [1.54, 1.807) is 12.3 Å². The van der Waals surface area contributed by atoms with Gasteiger partial charge >= 0.3 is 0 Å². The van der Waals surface area contributed by atoms with Crippen molar-refractivity contribution in [2.75, 3.05) is 7.05 Å². The molecular weight excluding hydrogens is 128 g/mol. The smallest absolute Gasteiger partial charge is 0.184 e. The van der Waals surface area contributed by atoms with E-state index in [1.165, 1.54) is 6.20 Å². The molecule has 0 aliphatic rings. The van der Waals surface area contributed by atoms with Gasteiger partial charge in [0.15, 0.2) is 12.4 Å². The van der Waals surface area contributed by atoms with E-state index in [1.807, 2.05) is 13.1 Å². The van der Waals surface area contributed by atoms with Gasteiger partial charge in [0.1, 0.15) is 0 Å². The Morgan fingerprint density at radius 2 is 2.50 bits per heavy atom. The van der Waals surface area contributed by atoms with Gasteiger partial charge in [-0.3, -0.25) is 0 Å². The number of nitrogens with zero attached hydrogens (tertiary/aromatic N) is 1. The highest BCUT2D eigenvalue weighted by Gasteiger charge is 1.92. The third kappa shape index (κ3) is 1.70. The third-order valence-electron chi connectivity index (χ3n) is 1.22. The normalized spacial score (nSPS) is 9.70. The number of nitrogens with one attached hydrogen (secondary N) is 1. The standard InChI is InChI=1S/C7H10N2O/c1-8-5-7-3-2-4-9(10)6-7/h2-4,6,8H,5H2,1H3. The molecule has 0 aliphatic heterocycles. The number of hydrogen-bond donors (Lipinski definition) is 1. The summed E-state index contributed by atoms with van der Waals surface area (Å²) in [7, 11) is 1.85. The van der Waals surface area contributed by atoms with E-state index < -0.39 is 0 Å². The largest absolute Gasteiger partial charge is 0.619 e. The fourth-order valence-corrected chi connectivity index (χ4v) is 0.810. The van der Waals surface area contributed by atoms with Crippen LogP contribution in [0.25, 0.3) is 0 Å². The zero-order valence-electron chi connectivity index (χ0n) is 5.87. The Bertz CT molecular complexity index is 213. The summed E-state index contributed by atoms with van der Waals surface area (Å²) in [5.41, 5.74) is 1.00. The summed E-state index contributed by atoms with van der Waals surface area (Å²) in [4.78, 5) is 0. The minimum atomic E-state index is 0.739. The number of hydrogen-bond acceptors (Lipinski definition) is 2. The van der Waals surface area contributed by atoms with E-state index in [0.717, 1.165) is 16.8 Å². The topological polar surface area (TPSA) is 39.0 Å². The molecule has 1 aromatic rings. The van der Waals surface area contributed by atoms with Gasteiger partial charge in [-0.25, -0.2) is 0 Å². The van der Waals surface area contributed by atoms with Gasteiger partial charge in [-0.2, -0.15) is 4.73 Å². The molecule has 54 valence electrons. The average molecular weight is 138 g/mol. The zero-order valence-corrected chi connectivity index (χ0v) is 5.87. The Morgan fingerprint density at radius 3 is 3.10 bits per heavy atom. The highest BCUT2D eigenvalue weighted by atomic mass is 16.5. The molecule has 3 nitrogen and oxygen atoms in total. The maximum Gasteiger partial charge on any atom is 0.184 e. The van der Waals surface area contributed by atoms with Crippen molar-refractivity contribution in [3.05, 3.63) is 35.3 Å². The Hall–Kier alpha value is -1.09. The van der Waals surface area contributed by atoms with Crippen LogP contribution < -0.4 is 10.0 Å². The molecule has 0 bridgehead atoms. The lowest BCUT2D eigenvalue weighted by Crippen LogP contribution is -2.25. The van der Waals surface area contributed by atoms with E-state index in [-0.39, 0.29) is 0 Å². The highest BCUT2D eigenvalue weighted by molar-refractivity contribution is 5.04. The zero-order chi connectivity index (χ0) is 7.40. The Kier molecular flexibility index (Phi) is 2.23. The highest BCUT2D eigenvalue weighted by Crippen LogP contribution is 1.91. The van der Waals surface area contributed by atoms with Gasteiger partial charge in [-0.15, -0.1) is 0 Å². The molecule has 1 aromatic heterocycles. The first-order valence-electron chi connectivity index (χ1n) is 3.15. The predicted octanol–water partition coefficient (Wildman–Crippen LogP) is 0.0394. The SMILES string of the molecule is CNCc1ccc[n+]([O-])c1. The average Bonchev–Trinajstić information content (AvgIpc) is 1.88. The van der Waals surface area contributed by atoms with Gasteiger partial charge in [0.25, 0.3) is 0 Å². The van der Waals surface area contributed by atoms with Crippen molar-refractivity contribution in [1.82, 2.24) is 5.32 Å². The van der Waals surface area contributed by atoms with Gasteiger partial charge in [0.05, 0.1) is 0 Å². The number of aromatic nitrogens is 1. The quantitative estimate of drug-likeness (QED) is 0.463. The maximum atomic E-state index is 10.7. The van der Waals surface area contributed by atoms with Crippen molar-refractivity contribution < 1.29 is 4.73 Å². The van der Waals surface area contributed by atoms with E-state index in [9.17, 15) is 5.21 Å². The van der Waals surface area contributed by atoms with E-state index in [0.29, 0.717) is 0 Å². The van der Waals surface area contributed by atoms with Crippen LogP contribution in [0.4, 0.5) is 0 Å². The second kappa shape index (κ2) is 3.17. The van der Waals surface area contributed by atoms with Gasteiger partial charge in [0, 0.05) is 18.2 Å². The third-order valence-corrected chi connectivity index (χ3v) is 1.22. The molecule has 10 heavy (non-hydrogen) atoms. The first-order valence-corrected chi connectivity index (χ1v) is 3.15. The molecule has 0 spiro atoms. The monoisotopic (exact) mass is 138 g/mol. The van der Waals surface area contributed by atoms with Crippen molar-refractivity contribution in [3.8, 4) is 0 Å². The lowest BCUT2D eigenvalue weighted by molar-refractivity contribution is -0.605. The summed E-state index contributed by atoms with van der Waals surface area (Å²) in [6.45, 7) is 0.739. The summed E-state index contributed by atoms with van der Waals surface area (Å²) in [5.74, 6) is 0. The van der Waals surface area contributed by atoms with Crippen molar-refractivity contribution in [2.45, 2.75) is 6.54 Å². The van der Waals surface area contributed by atoms with E-state index >= 15 is 0 Å². The molecule has 0 fully saturated rings. The summed E-state index contributed by atoms with van der Waals surface area (Å²) in [6, 6.07) is 3.64. The van der Waals surface area contributed by atoms with Crippen LogP contribution in [0.1, 0.15) is 5.56 Å². The van der Waals surface area contributed by atoms with Gasteiger partial charge in [-0.1, -0.05) is 0 Å². The molecule has 3 heteroatoms. The van der Waals surface area contributed by atoms with E-state index in [2.05, 4.69) is 5.32 Å². The molecule has 0 saturated carbocycles. The first kappa shape index (κ1) is 7.02. The van der Waals surface area contributed by atoms with Crippen LogP contribution in [-0.4, -0.2) is 7.05 Å². The van der Waals surface area contributed by atoms with Gasteiger partial charge in [0.2, 0.25) is 0 Å². The van der Waals surface area contributed by atoms with Crippen LogP contribution in [0.5, 0.6) is 0 Å². The molecule has 1 heterocycles. The van der Waals surface area contributed by atoms with Crippen LogP contribution in [0, 0.1) is 5.21 Å². The van der Waals surface area contributed by atoms with E-state index in [4.69, 9.17) is 0 Å². The molecule has 1 rings (SSSR count). The molecular formula is C7H10N2O.